The molecule has 1 saturated heterocycles. The zero-order valence-corrected chi connectivity index (χ0v) is 15.5. The van der Waals surface area contributed by atoms with Crippen molar-refractivity contribution >= 4 is 11.6 Å². The van der Waals surface area contributed by atoms with Gasteiger partial charge in [-0.2, -0.15) is 4.98 Å². The smallest absolute Gasteiger partial charge is 0.231 e. The molecule has 0 aliphatic carbocycles. The number of piperidine rings is 1. The third-order valence-electron chi connectivity index (χ3n) is 4.72. The first kappa shape index (κ1) is 18.4. The summed E-state index contributed by atoms with van der Waals surface area (Å²) in [4.78, 5) is 7.15. The number of aromatic nitrogens is 2. The molecule has 1 atom stereocenters. The molecule has 25 heavy (non-hydrogen) atoms. The summed E-state index contributed by atoms with van der Waals surface area (Å²) in [5.41, 5.74) is 0.935. The lowest BCUT2D eigenvalue weighted by molar-refractivity contribution is 0.173. The van der Waals surface area contributed by atoms with E-state index in [1.807, 2.05) is 24.3 Å². The van der Waals surface area contributed by atoms with E-state index in [-0.39, 0.29) is 0 Å². The lowest BCUT2D eigenvalue weighted by Gasteiger charge is -2.30. The molecule has 0 N–H and O–H groups in total. The van der Waals surface area contributed by atoms with E-state index in [1.165, 1.54) is 25.8 Å². The van der Waals surface area contributed by atoms with Gasteiger partial charge in [-0.3, -0.25) is 0 Å². The fourth-order valence-corrected chi connectivity index (χ4v) is 3.46. The second-order valence-corrected chi connectivity index (χ2v) is 7.09. The van der Waals surface area contributed by atoms with Crippen molar-refractivity contribution in [2.45, 2.75) is 38.0 Å². The molecular weight excluding hydrogens is 338 g/mol. The van der Waals surface area contributed by atoms with E-state index in [4.69, 9.17) is 20.9 Å². The predicted octanol–water partition coefficient (Wildman–Crippen LogP) is 4.39. The number of nitrogens with zero attached hydrogens (tertiary/aromatic N) is 3. The van der Waals surface area contributed by atoms with Crippen LogP contribution in [0.3, 0.4) is 0 Å². The highest BCUT2D eigenvalue weighted by molar-refractivity contribution is 6.30. The van der Waals surface area contributed by atoms with Crippen molar-refractivity contribution in [2.75, 3.05) is 33.4 Å². The average Bonchev–Trinajstić information content (AvgIpc) is 3.13. The zero-order chi connectivity index (χ0) is 17.5. The van der Waals surface area contributed by atoms with Crippen LogP contribution in [0.4, 0.5) is 0 Å². The van der Waals surface area contributed by atoms with E-state index >= 15 is 0 Å². The van der Waals surface area contributed by atoms with Gasteiger partial charge < -0.3 is 14.2 Å². The van der Waals surface area contributed by atoms with Crippen LogP contribution in [0.25, 0.3) is 11.4 Å². The van der Waals surface area contributed by atoms with Crippen LogP contribution in [0.15, 0.2) is 28.8 Å². The van der Waals surface area contributed by atoms with Gasteiger partial charge in [-0.25, -0.2) is 0 Å². The van der Waals surface area contributed by atoms with Gasteiger partial charge in [-0.1, -0.05) is 16.8 Å². The number of ether oxygens (including phenoxy) is 1. The van der Waals surface area contributed by atoms with E-state index in [1.54, 1.807) is 7.11 Å². The third kappa shape index (κ3) is 5.27. The highest BCUT2D eigenvalue weighted by Gasteiger charge is 2.25. The second kappa shape index (κ2) is 9.32. The molecule has 3 rings (SSSR count). The Bertz CT molecular complexity index is 644. The number of methoxy groups -OCH3 is 1. The van der Waals surface area contributed by atoms with Gasteiger partial charge in [0, 0.05) is 30.8 Å². The topological polar surface area (TPSA) is 51.4 Å². The summed E-state index contributed by atoms with van der Waals surface area (Å²) in [5.74, 6) is 1.73. The number of benzene rings is 1. The molecule has 1 unspecified atom stereocenters. The Hall–Kier alpha value is -1.43. The Morgan fingerprint density at radius 2 is 2.08 bits per heavy atom. The predicted molar refractivity (Wildman–Crippen MR) is 98.9 cm³/mol. The van der Waals surface area contributed by atoms with Gasteiger partial charge in [0.1, 0.15) is 0 Å². The molecule has 0 bridgehead atoms. The molecule has 1 aliphatic heterocycles. The molecule has 136 valence electrons. The maximum atomic E-state index is 5.94. The summed E-state index contributed by atoms with van der Waals surface area (Å²) in [6.07, 6.45) is 5.87. The van der Waals surface area contributed by atoms with Gasteiger partial charge in [0.25, 0.3) is 0 Å². The largest absolute Gasteiger partial charge is 0.385 e. The van der Waals surface area contributed by atoms with Gasteiger partial charge in [-0.15, -0.1) is 0 Å². The molecular formula is C19H26ClN3O2. The summed E-state index contributed by atoms with van der Waals surface area (Å²) < 4.78 is 10.7. The monoisotopic (exact) mass is 363 g/mol. The lowest BCUT2D eigenvalue weighted by Crippen LogP contribution is -2.35. The van der Waals surface area contributed by atoms with Crippen LogP contribution in [-0.4, -0.2) is 48.4 Å². The highest BCUT2D eigenvalue weighted by Crippen LogP contribution is 2.28. The molecule has 6 heteroatoms. The number of halogens is 1. The second-order valence-electron chi connectivity index (χ2n) is 6.66. The summed E-state index contributed by atoms with van der Waals surface area (Å²) in [6.45, 7) is 4.17. The van der Waals surface area contributed by atoms with Gasteiger partial charge in [-0.05, 0) is 69.5 Å². The Kier molecular flexibility index (Phi) is 6.84. The van der Waals surface area contributed by atoms with Crippen LogP contribution < -0.4 is 0 Å². The van der Waals surface area contributed by atoms with E-state index < -0.39 is 0 Å². The van der Waals surface area contributed by atoms with Crippen molar-refractivity contribution < 1.29 is 9.26 Å². The summed E-state index contributed by atoms with van der Waals surface area (Å²) in [7, 11) is 1.76. The molecule has 1 aromatic heterocycles. The van der Waals surface area contributed by atoms with Crippen LogP contribution >= 0.6 is 11.6 Å². The Labute approximate surface area is 154 Å². The molecule has 2 aromatic rings. The first-order chi connectivity index (χ1) is 12.3. The number of likely N-dealkylation sites (tertiary alicyclic amines) is 1. The molecule has 0 spiro atoms. The minimum atomic E-state index is 0.335. The van der Waals surface area contributed by atoms with Crippen LogP contribution in [-0.2, 0) is 4.74 Å². The molecule has 2 heterocycles. The average molecular weight is 364 g/mol. The normalized spacial score (nSPS) is 18.6. The van der Waals surface area contributed by atoms with Gasteiger partial charge in [0.2, 0.25) is 11.7 Å². The molecule has 0 amide bonds. The van der Waals surface area contributed by atoms with Crippen LogP contribution in [0.1, 0.15) is 43.9 Å². The third-order valence-corrected chi connectivity index (χ3v) is 4.97. The molecule has 1 fully saturated rings. The molecule has 0 radical (unpaired) electrons. The van der Waals surface area contributed by atoms with Crippen LogP contribution in [0.2, 0.25) is 5.02 Å². The molecule has 0 saturated carbocycles. The number of unbranched alkanes of at least 4 members (excludes halogenated alkanes) is 2. The summed E-state index contributed by atoms with van der Waals surface area (Å²) in [6, 6.07) is 7.53. The Morgan fingerprint density at radius 3 is 2.88 bits per heavy atom. The Morgan fingerprint density at radius 1 is 1.24 bits per heavy atom. The number of hydrogen-bond donors (Lipinski definition) is 0. The van der Waals surface area contributed by atoms with Crippen LogP contribution in [0, 0.1) is 0 Å². The SMILES string of the molecule is COCCCCCN1CCCC(c2nc(-c3ccc(Cl)cc3)no2)C1. The van der Waals surface area contributed by atoms with Crippen molar-refractivity contribution in [3.63, 3.8) is 0 Å². The van der Waals surface area contributed by atoms with Crippen molar-refractivity contribution in [1.82, 2.24) is 15.0 Å². The molecule has 5 nitrogen and oxygen atoms in total. The van der Waals surface area contributed by atoms with Crippen molar-refractivity contribution in [3.8, 4) is 11.4 Å². The Balaban J connectivity index is 1.54. The fraction of sp³-hybridized carbons (Fsp3) is 0.579. The lowest BCUT2D eigenvalue weighted by atomic mass is 9.97. The summed E-state index contributed by atoms with van der Waals surface area (Å²) >= 11 is 5.94. The maximum Gasteiger partial charge on any atom is 0.231 e. The standard InChI is InChI=1S/C19H26ClN3O2/c1-24-13-4-2-3-11-23-12-5-6-16(14-23)19-21-18(22-25-19)15-7-9-17(20)10-8-15/h7-10,16H,2-6,11-14H2,1H3. The fourth-order valence-electron chi connectivity index (χ4n) is 3.34. The first-order valence-electron chi connectivity index (χ1n) is 9.07. The van der Waals surface area contributed by atoms with Gasteiger partial charge in [0.15, 0.2) is 0 Å². The van der Waals surface area contributed by atoms with E-state index in [2.05, 4.69) is 15.0 Å². The molecule has 1 aromatic carbocycles. The minimum absolute atomic E-state index is 0.335. The van der Waals surface area contributed by atoms with E-state index in [0.717, 1.165) is 44.0 Å². The maximum absolute atomic E-state index is 5.94. The highest BCUT2D eigenvalue weighted by atomic mass is 35.5. The zero-order valence-electron chi connectivity index (χ0n) is 14.8. The van der Waals surface area contributed by atoms with Crippen molar-refractivity contribution in [1.29, 1.82) is 0 Å². The van der Waals surface area contributed by atoms with E-state index in [0.29, 0.717) is 16.8 Å². The van der Waals surface area contributed by atoms with E-state index in [9.17, 15) is 0 Å². The number of rotatable bonds is 8. The summed E-state index contributed by atoms with van der Waals surface area (Å²) in [5, 5.41) is 4.86. The van der Waals surface area contributed by atoms with Crippen molar-refractivity contribution in [3.05, 3.63) is 35.2 Å². The van der Waals surface area contributed by atoms with Crippen LogP contribution in [0.5, 0.6) is 0 Å². The number of hydrogen-bond acceptors (Lipinski definition) is 5. The molecule has 1 aliphatic rings. The first-order valence-corrected chi connectivity index (χ1v) is 9.45. The van der Waals surface area contributed by atoms with Crippen molar-refractivity contribution in [2.24, 2.45) is 0 Å². The minimum Gasteiger partial charge on any atom is -0.385 e. The quantitative estimate of drug-likeness (QED) is 0.651. The van der Waals surface area contributed by atoms with Gasteiger partial charge >= 0.3 is 0 Å². The van der Waals surface area contributed by atoms with Gasteiger partial charge in [0.05, 0.1) is 5.92 Å².